The molecule has 1 heterocycles. The van der Waals surface area contributed by atoms with Crippen molar-refractivity contribution in [1.29, 1.82) is 0 Å². The highest BCUT2D eigenvalue weighted by Gasteiger charge is 2.12. The summed E-state index contributed by atoms with van der Waals surface area (Å²) < 4.78 is 1.68. The van der Waals surface area contributed by atoms with E-state index in [2.05, 4.69) is 17.3 Å². The van der Waals surface area contributed by atoms with Crippen LogP contribution in [-0.4, -0.2) is 27.5 Å². The van der Waals surface area contributed by atoms with Gasteiger partial charge in [0, 0.05) is 25.7 Å². The van der Waals surface area contributed by atoms with Crippen LogP contribution in [-0.2, 0) is 20.0 Å². The number of aryl methyl sites for hydroxylation is 2. The molecular formula is C10H18ClN3O. The van der Waals surface area contributed by atoms with Gasteiger partial charge in [0.25, 0.3) is 0 Å². The number of aromatic nitrogens is 2. The molecule has 15 heavy (non-hydrogen) atoms. The van der Waals surface area contributed by atoms with Crippen LogP contribution in [0.4, 0.5) is 0 Å². The van der Waals surface area contributed by atoms with Crippen LogP contribution >= 0.6 is 11.6 Å². The minimum atomic E-state index is -0.342. The number of halogens is 1. The average molecular weight is 232 g/mol. The number of nitrogens with one attached hydrogen (secondary N) is 1. The van der Waals surface area contributed by atoms with Crippen molar-refractivity contribution in [3.63, 3.8) is 0 Å². The van der Waals surface area contributed by atoms with Crippen LogP contribution in [0.5, 0.6) is 0 Å². The van der Waals surface area contributed by atoms with Crippen LogP contribution < -0.4 is 5.32 Å². The van der Waals surface area contributed by atoms with Gasteiger partial charge < -0.3 is 10.4 Å². The lowest BCUT2D eigenvalue weighted by Gasteiger charge is -2.06. The molecule has 0 spiro atoms. The molecule has 0 aliphatic carbocycles. The Kier molecular flexibility index (Phi) is 4.57. The third-order valence-electron chi connectivity index (χ3n) is 2.23. The maximum Gasteiger partial charge on any atom is 0.131 e. The van der Waals surface area contributed by atoms with Crippen molar-refractivity contribution < 1.29 is 5.11 Å². The standard InChI is InChI=1S/C10H18ClN3O/c1-4-9-8(6-12-5-7(2)15)10(11)14(3)13-9/h7,12,15H,4-6H2,1-3H3. The Morgan fingerprint density at radius 3 is 2.80 bits per heavy atom. The van der Waals surface area contributed by atoms with Gasteiger partial charge in [0.15, 0.2) is 0 Å². The first-order valence-corrected chi connectivity index (χ1v) is 5.53. The van der Waals surface area contributed by atoms with Crippen LogP contribution in [0.15, 0.2) is 0 Å². The van der Waals surface area contributed by atoms with Gasteiger partial charge in [0.1, 0.15) is 5.15 Å². The molecule has 0 fully saturated rings. The molecule has 4 nitrogen and oxygen atoms in total. The summed E-state index contributed by atoms with van der Waals surface area (Å²) in [5.41, 5.74) is 2.04. The molecule has 86 valence electrons. The van der Waals surface area contributed by atoms with E-state index in [1.54, 1.807) is 11.6 Å². The van der Waals surface area contributed by atoms with Crippen LogP contribution in [0.2, 0.25) is 5.15 Å². The predicted octanol–water partition coefficient (Wildman–Crippen LogP) is 1.11. The number of hydrogen-bond donors (Lipinski definition) is 2. The second-order valence-corrected chi connectivity index (χ2v) is 4.03. The lowest BCUT2D eigenvalue weighted by molar-refractivity contribution is 0.191. The molecule has 1 rings (SSSR count). The Morgan fingerprint density at radius 2 is 2.27 bits per heavy atom. The van der Waals surface area contributed by atoms with Crippen LogP contribution in [0.25, 0.3) is 0 Å². The van der Waals surface area contributed by atoms with E-state index in [4.69, 9.17) is 16.7 Å². The fourth-order valence-corrected chi connectivity index (χ4v) is 1.68. The van der Waals surface area contributed by atoms with Gasteiger partial charge in [-0.2, -0.15) is 5.10 Å². The Bertz CT molecular complexity index is 323. The molecule has 0 saturated heterocycles. The fourth-order valence-electron chi connectivity index (χ4n) is 1.46. The summed E-state index contributed by atoms with van der Waals surface area (Å²) in [7, 11) is 1.83. The van der Waals surface area contributed by atoms with Gasteiger partial charge in [-0.1, -0.05) is 18.5 Å². The second-order valence-electron chi connectivity index (χ2n) is 3.67. The molecular weight excluding hydrogens is 214 g/mol. The highest BCUT2D eigenvalue weighted by atomic mass is 35.5. The highest BCUT2D eigenvalue weighted by molar-refractivity contribution is 6.30. The Balaban J connectivity index is 2.66. The normalized spacial score (nSPS) is 13.1. The zero-order chi connectivity index (χ0) is 11.4. The van der Waals surface area contributed by atoms with Crippen LogP contribution in [0.1, 0.15) is 25.1 Å². The Morgan fingerprint density at radius 1 is 1.60 bits per heavy atom. The fraction of sp³-hybridized carbons (Fsp3) is 0.700. The monoisotopic (exact) mass is 231 g/mol. The topological polar surface area (TPSA) is 50.1 Å². The molecule has 2 N–H and O–H groups in total. The summed E-state index contributed by atoms with van der Waals surface area (Å²) in [5, 5.41) is 17.2. The van der Waals surface area contributed by atoms with Gasteiger partial charge in [-0.15, -0.1) is 0 Å². The molecule has 1 aromatic heterocycles. The summed E-state index contributed by atoms with van der Waals surface area (Å²) in [4.78, 5) is 0. The summed E-state index contributed by atoms with van der Waals surface area (Å²) >= 11 is 6.11. The number of hydrogen-bond acceptors (Lipinski definition) is 3. The summed E-state index contributed by atoms with van der Waals surface area (Å²) in [6.45, 7) is 5.02. The van der Waals surface area contributed by atoms with Gasteiger partial charge in [0.05, 0.1) is 11.8 Å². The van der Waals surface area contributed by atoms with Gasteiger partial charge in [-0.05, 0) is 13.3 Å². The largest absolute Gasteiger partial charge is 0.392 e. The molecule has 0 aliphatic rings. The maximum absolute atomic E-state index is 9.12. The number of nitrogens with zero attached hydrogens (tertiary/aromatic N) is 2. The first-order valence-electron chi connectivity index (χ1n) is 5.15. The molecule has 1 aromatic rings. The van der Waals surface area contributed by atoms with E-state index >= 15 is 0 Å². The molecule has 0 saturated carbocycles. The van der Waals surface area contributed by atoms with E-state index in [9.17, 15) is 0 Å². The molecule has 5 heteroatoms. The van der Waals surface area contributed by atoms with Crippen molar-refractivity contribution in [2.45, 2.75) is 32.9 Å². The lowest BCUT2D eigenvalue weighted by atomic mass is 10.2. The van der Waals surface area contributed by atoms with Crippen molar-refractivity contribution in [2.75, 3.05) is 6.54 Å². The van der Waals surface area contributed by atoms with Crippen LogP contribution in [0, 0.1) is 0 Å². The zero-order valence-electron chi connectivity index (χ0n) is 9.42. The van der Waals surface area contributed by atoms with E-state index in [1.807, 2.05) is 7.05 Å². The van der Waals surface area contributed by atoms with Crippen molar-refractivity contribution >= 4 is 11.6 Å². The van der Waals surface area contributed by atoms with E-state index in [0.29, 0.717) is 18.2 Å². The van der Waals surface area contributed by atoms with Gasteiger partial charge in [-0.3, -0.25) is 4.68 Å². The first-order chi connectivity index (χ1) is 7.06. The lowest BCUT2D eigenvalue weighted by Crippen LogP contribution is -2.24. The van der Waals surface area contributed by atoms with E-state index < -0.39 is 0 Å². The van der Waals surface area contributed by atoms with Gasteiger partial charge in [-0.25, -0.2) is 0 Å². The quantitative estimate of drug-likeness (QED) is 0.798. The molecule has 1 atom stereocenters. The summed E-state index contributed by atoms with van der Waals surface area (Å²) in [5.74, 6) is 0. The number of aliphatic hydroxyl groups excluding tert-OH is 1. The first kappa shape index (κ1) is 12.5. The zero-order valence-corrected chi connectivity index (χ0v) is 10.2. The average Bonchev–Trinajstić information content (AvgIpc) is 2.44. The molecule has 0 radical (unpaired) electrons. The Labute approximate surface area is 95.2 Å². The maximum atomic E-state index is 9.12. The number of rotatable bonds is 5. The molecule has 0 amide bonds. The molecule has 0 aromatic carbocycles. The van der Waals surface area contributed by atoms with E-state index in [0.717, 1.165) is 17.7 Å². The molecule has 0 aliphatic heterocycles. The van der Waals surface area contributed by atoms with E-state index in [1.165, 1.54) is 0 Å². The summed E-state index contributed by atoms with van der Waals surface area (Å²) in [6, 6.07) is 0. The third-order valence-corrected chi connectivity index (χ3v) is 2.70. The molecule has 0 bridgehead atoms. The van der Waals surface area contributed by atoms with Gasteiger partial charge >= 0.3 is 0 Å². The number of aliphatic hydroxyl groups is 1. The van der Waals surface area contributed by atoms with Crippen molar-refractivity contribution in [2.24, 2.45) is 7.05 Å². The predicted molar refractivity (Wildman–Crippen MR) is 61.0 cm³/mol. The summed E-state index contributed by atoms with van der Waals surface area (Å²) in [6.07, 6.45) is 0.525. The molecule has 1 unspecified atom stereocenters. The minimum absolute atomic E-state index is 0.342. The van der Waals surface area contributed by atoms with Gasteiger partial charge in [0.2, 0.25) is 0 Å². The second kappa shape index (κ2) is 5.49. The van der Waals surface area contributed by atoms with Crippen molar-refractivity contribution in [3.05, 3.63) is 16.4 Å². The highest BCUT2D eigenvalue weighted by Crippen LogP contribution is 2.19. The van der Waals surface area contributed by atoms with E-state index in [-0.39, 0.29) is 6.10 Å². The third kappa shape index (κ3) is 3.19. The van der Waals surface area contributed by atoms with Crippen LogP contribution in [0.3, 0.4) is 0 Å². The minimum Gasteiger partial charge on any atom is -0.392 e. The smallest absolute Gasteiger partial charge is 0.131 e. The Hall–Kier alpha value is -0.580. The SMILES string of the molecule is CCc1nn(C)c(Cl)c1CNCC(C)O. The van der Waals surface area contributed by atoms with Crippen molar-refractivity contribution in [3.8, 4) is 0 Å². The van der Waals surface area contributed by atoms with Crippen molar-refractivity contribution in [1.82, 2.24) is 15.1 Å².